The first-order chi connectivity index (χ1) is 5.86. The Morgan fingerprint density at radius 2 is 2.08 bits per heavy atom. The van der Waals surface area contributed by atoms with Gasteiger partial charge in [-0.1, -0.05) is 18.2 Å². The van der Waals surface area contributed by atoms with Crippen LogP contribution in [0.5, 0.6) is 0 Å². The van der Waals surface area contributed by atoms with Crippen LogP contribution in [0.2, 0.25) is 0 Å². The summed E-state index contributed by atoms with van der Waals surface area (Å²) in [5.41, 5.74) is 0.981. The maximum atomic E-state index is 5.25. The molecule has 1 aromatic carbocycles. The van der Waals surface area contributed by atoms with E-state index in [0.29, 0.717) is 12.6 Å². The molecule has 4 heteroatoms. The van der Waals surface area contributed by atoms with Gasteiger partial charge in [0, 0.05) is 5.56 Å². The molecule has 1 heterocycles. The van der Waals surface area contributed by atoms with Crippen LogP contribution in [-0.4, -0.2) is 17.0 Å². The van der Waals surface area contributed by atoms with Crippen LogP contribution >= 0.6 is 12.8 Å². The quantitative estimate of drug-likeness (QED) is 0.662. The molecule has 0 spiro atoms. The van der Waals surface area contributed by atoms with Crippen LogP contribution in [0.3, 0.4) is 0 Å². The first kappa shape index (κ1) is 7.49. The molecular weight excluding hydrogens is 172 g/mol. The lowest BCUT2D eigenvalue weighted by Crippen LogP contribution is -2.01. The lowest BCUT2D eigenvalue weighted by atomic mass is 10.2. The summed E-state index contributed by atoms with van der Waals surface area (Å²) in [6.07, 6.45) is 0. The van der Waals surface area contributed by atoms with E-state index < -0.39 is 0 Å². The summed E-state index contributed by atoms with van der Waals surface area (Å²) in [7, 11) is 0. The van der Waals surface area contributed by atoms with Crippen molar-refractivity contribution in [2.45, 2.75) is 0 Å². The molecule has 0 amide bonds. The third-order valence-corrected chi connectivity index (χ3v) is 1.75. The van der Waals surface area contributed by atoms with E-state index in [2.05, 4.69) is 17.9 Å². The SMILES string of the molecule is SN1COC(c2ccccc2)=N1. The van der Waals surface area contributed by atoms with Gasteiger partial charge >= 0.3 is 0 Å². The van der Waals surface area contributed by atoms with Crippen molar-refractivity contribution in [3.05, 3.63) is 35.9 Å². The number of thiol groups is 1. The molecule has 12 heavy (non-hydrogen) atoms. The van der Waals surface area contributed by atoms with Crippen molar-refractivity contribution >= 4 is 18.7 Å². The Kier molecular flexibility index (Phi) is 1.91. The van der Waals surface area contributed by atoms with E-state index in [1.807, 2.05) is 30.3 Å². The maximum absolute atomic E-state index is 5.25. The van der Waals surface area contributed by atoms with E-state index >= 15 is 0 Å². The molecule has 2 rings (SSSR count). The van der Waals surface area contributed by atoms with Crippen molar-refractivity contribution in [3.63, 3.8) is 0 Å². The number of rotatable bonds is 1. The molecule has 1 aliphatic heterocycles. The molecule has 0 aliphatic carbocycles. The van der Waals surface area contributed by atoms with E-state index in [9.17, 15) is 0 Å². The predicted molar refractivity (Wildman–Crippen MR) is 49.8 cm³/mol. The zero-order valence-corrected chi connectivity index (χ0v) is 7.24. The second-order valence-electron chi connectivity index (χ2n) is 2.42. The summed E-state index contributed by atoms with van der Waals surface area (Å²) < 4.78 is 6.71. The Labute approximate surface area is 76.2 Å². The number of hydrazone groups is 1. The van der Waals surface area contributed by atoms with Crippen LogP contribution in [0.25, 0.3) is 0 Å². The van der Waals surface area contributed by atoms with Crippen LogP contribution < -0.4 is 0 Å². The Balaban J connectivity index is 2.27. The summed E-state index contributed by atoms with van der Waals surface area (Å²) in [6.45, 7) is 0.410. The van der Waals surface area contributed by atoms with Gasteiger partial charge in [0.05, 0.1) is 0 Å². The van der Waals surface area contributed by atoms with E-state index in [4.69, 9.17) is 4.74 Å². The maximum Gasteiger partial charge on any atom is 0.241 e. The average Bonchev–Trinajstić information content (AvgIpc) is 2.54. The van der Waals surface area contributed by atoms with Crippen LogP contribution in [-0.2, 0) is 4.74 Å². The van der Waals surface area contributed by atoms with Gasteiger partial charge in [0.15, 0.2) is 6.73 Å². The van der Waals surface area contributed by atoms with Crippen molar-refractivity contribution in [2.75, 3.05) is 6.73 Å². The summed E-state index contributed by atoms with van der Waals surface area (Å²) in [6, 6.07) is 9.75. The van der Waals surface area contributed by atoms with Gasteiger partial charge in [-0.25, -0.2) is 4.41 Å². The summed E-state index contributed by atoms with van der Waals surface area (Å²) in [5, 5.41) is 4.05. The van der Waals surface area contributed by atoms with Gasteiger partial charge in [0.2, 0.25) is 5.90 Å². The summed E-state index contributed by atoms with van der Waals surface area (Å²) >= 11 is 4.02. The lowest BCUT2D eigenvalue weighted by molar-refractivity contribution is 0.258. The molecule has 1 aliphatic rings. The minimum atomic E-state index is 0.410. The average molecular weight is 180 g/mol. The summed E-state index contributed by atoms with van der Waals surface area (Å²) in [4.78, 5) is 0. The molecule has 0 bridgehead atoms. The highest BCUT2D eigenvalue weighted by Gasteiger charge is 2.13. The van der Waals surface area contributed by atoms with Crippen LogP contribution in [0.15, 0.2) is 35.4 Å². The number of hydrogen-bond donors (Lipinski definition) is 1. The molecule has 0 unspecified atom stereocenters. The number of benzene rings is 1. The van der Waals surface area contributed by atoms with Gasteiger partial charge in [-0.05, 0) is 24.9 Å². The van der Waals surface area contributed by atoms with Gasteiger partial charge in [-0.15, -0.1) is 5.10 Å². The number of nitrogens with zero attached hydrogens (tertiary/aromatic N) is 2. The van der Waals surface area contributed by atoms with Crippen LogP contribution in [0.4, 0.5) is 0 Å². The van der Waals surface area contributed by atoms with E-state index in [-0.39, 0.29) is 0 Å². The monoisotopic (exact) mass is 180 g/mol. The van der Waals surface area contributed by atoms with Crippen molar-refractivity contribution < 1.29 is 4.74 Å². The van der Waals surface area contributed by atoms with Gasteiger partial charge in [0.25, 0.3) is 0 Å². The molecular formula is C8H8N2OS. The summed E-state index contributed by atoms with van der Waals surface area (Å²) in [5.74, 6) is 0.630. The molecule has 0 saturated carbocycles. The van der Waals surface area contributed by atoms with Crippen LogP contribution in [0.1, 0.15) is 5.56 Å². The zero-order chi connectivity index (χ0) is 8.39. The second kappa shape index (κ2) is 3.06. The standard InChI is InChI=1S/C8H8N2OS/c12-10-6-11-8(9-10)7-4-2-1-3-5-7/h1-5,12H,6H2. The van der Waals surface area contributed by atoms with Crippen molar-refractivity contribution in [2.24, 2.45) is 5.10 Å². The Hall–Kier alpha value is -1.16. The Morgan fingerprint density at radius 3 is 2.67 bits per heavy atom. The van der Waals surface area contributed by atoms with Gasteiger partial charge < -0.3 is 4.74 Å². The van der Waals surface area contributed by atoms with Crippen molar-refractivity contribution in [3.8, 4) is 0 Å². The molecule has 0 atom stereocenters. The first-order valence-corrected chi connectivity index (χ1v) is 3.99. The topological polar surface area (TPSA) is 24.8 Å². The largest absolute Gasteiger partial charge is 0.452 e. The van der Waals surface area contributed by atoms with Gasteiger partial charge in [-0.3, -0.25) is 0 Å². The van der Waals surface area contributed by atoms with Gasteiger partial charge in [-0.2, -0.15) is 0 Å². The third kappa shape index (κ3) is 1.38. The fourth-order valence-corrected chi connectivity index (χ4v) is 1.14. The van der Waals surface area contributed by atoms with Crippen molar-refractivity contribution in [1.82, 2.24) is 4.41 Å². The van der Waals surface area contributed by atoms with E-state index in [1.54, 1.807) is 0 Å². The normalized spacial score (nSPS) is 15.8. The minimum absolute atomic E-state index is 0.410. The van der Waals surface area contributed by atoms with Gasteiger partial charge in [0.1, 0.15) is 0 Å². The fourth-order valence-electron chi connectivity index (χ4n) is 1.00. The molecule has 0 saturated heterocycles. The highest BCUT2D eigenvalue weighted by molar-refractivity contribution is 7.77. The number of ether oxygens (including phenoxy) is 1. The zero-order valence-electron chi connectivity index (χ0n) is 6.34. The van der Waals surface area contributed by atoms with E-state index in [0.717, 1.165) is 5.56 Å². The Bertz CT molecular complexity index is 299. The lowest BCUT2D eigenvalue weighted by Gasteiger charge is -1.98. The molecule has 0 fully saturated rings. The second-order valence-corrected chi connectivity index (χ2v) is 2.88. The smallest absolute Gasteiger partial charge is 0.241 e. The third-order valence-electron chi connectivity index (χ3n) is 1.54. The van der Waals surface area contributed by atoms with E-state index in [1.165, 1.54) is 4.41 Å². The van der Waals surface area contributed by atoms with Crippen LogP contribution in [0, 0.1) is 0 Å². The molecule has 0 radical (unpaired) electrons. The molecule has 0 aromatic heterocycles. The minimum Gasteiger partial charge on any atom is -0.452 e. The molecule has 0 N–H and O–H groups in total. The fraction of sp³-hybridized carbons (Fsp3) is 0.125. The molecule has 62 valence electrons. The highest BCUT2D eigenvalue weighted by Crippen LogP contribution is 2.11. The first-order valence-electron chi connectivity index (χ1n) is 3.59. The number of hydrogen-bond acceptors (Lipinski definition) is 4. The predicted octanol–water partition coefficient (Wildman–Crippen LogP) is 1.48. The Morgan fingerprint density at radius 1 is 1.33 bits per heavy atom. The molecule has 3 nitrogen and oxygen atoms in total. The van der Waals surface area contributed by atoms with Crippen molar-refractivity contribution in [1.29, 1.82) is 0 Å². The highest BCUT2D eigenvalue weighted by atomic mass is 32.1. The molecule has 1 aromatic rings.